The number of ether oxygens (including phenoxy) is 1. The van der Waals surface area contributed by atoms with Crippen molar-refractivity contribution in [3.63, 3.8) is 0 Å². The third kappa shape index (κ3) is 4.23. The number of aryl methyl sites for hydroxylation is 1. The third-order valence-corrected chi connectivity index (χ3v) is 4.81. The first-order valence-electron chi connectivity index (χ1n) is 8.66. The lowest BCUT2D eigenvalue weighted by Gasteiger charge is -2.37. The average molecular weight is 356 g/mol. The molecule has 1 N–H and O–H groups in total. The Balaban J connectivity index is 1.63. The summed E-state index contributed by atoms with van der Waals surface area (Å²) in [4.78, 5) is 4.40. The molecule has 0 saturated carbocycles. The van der Waals surface area contributed by atoms with E-state index < -0.39 is 0 Å². The quantitative estimate of drug-likeness (QED) is 0.840. The van der Waals surface area contributed by atoms with Crippen molar-refractivity contribution in [2.75, 3.05) is 36.9 Å². The highest BCUT2D eigenvalue weighted by molar-refractivity contribution is 7.80. The molecule has 0 saturated heterocycles. The van der Waals surface area contributed by atoms with Crippen LogP contribution in [0, 0.1) is 6.92 Å². The second kappa shape index (κ2) is 7.74. The van der Waals surface area contributed by atoms with Crippen LogP contribution in [-0.2, 0) is 0 Å². The van der Waals surface area contributed by atoms with Gasteiger partial charge < -0.3 is 19.9 Å². The van der Waals surface area contributed by atoms with Gasteiger partial charge in [0, 0.05) is 19.3 Å². The molecule has 0 amide bonds. The zero-order valence-corrected chi connectivity index (χ0v) is 15.8. The summed E-state index contributed by atoms with van der Waals surface area (Å²) in [6.45, 7) is 6.82. The van der Waals surface area contributed by atoms with Gasteiger partial charge in [-0.25, -0.2) is 0 Å². The number of para-hydroxylation sites is 2. The van der Waals surface area contributed by atoms with E-state index in [-0.39, 0.29) is 6.10 Å². The smallest absolute Gasteiger partial charge is 0.173 e. The summed E-state index contributed by atoms with van der Waals surface area (Å²) in [5.41, 5.74) is 3.40. The summed E-state index contributed by atoms with van der Waals surface area (Å²) in [7, 11) is 2.01. The molecule has 3 rings (SSSR count). The van der Waals surface area contributed by atoms with Gasteiger partial charge in [-0.2, -0.15) is 0 Å². The van der Waals surface area contributed by atoms with Gasteiger partial charge in [0.15, 0.2) is 5.11 Å². The molecule has 1 aliphatic heterocycles. The molecule has 4 nitrogen and oxygen atoms in total. The summed E-state index contributed by atoms with van der Waals surface area (Å²) in [5.74, 6) is 0.951. The maximum absolute atomic E-state index is 6.18. The van der Waals surface area contributed by atoms with Crippen LogP contribution in [0.3, 0.4) is 0 Å². The fraction of sp³-hybridized carbons (Fsp3) is 0.350. The Morgan fingerprint density at radius 3 is 2.84 bits per heavy atom. The standard InChI is InChI=1S/C20H25N3OS/c1-4-23-14-17(24-19-11-6-5-10-18(19)23)13-22(3)20(25)21-16-9-7-8-15(2)12-16/h5-12,17H,4,13-14H2,1-3H3,(H,21,25)/t17-/m1/s1. The first-order valence-corrected chi connectivity index (χ1v) is 9.07. The normalized spacial score (nSPS) is 16.0. The Morgan fingerprint density at radius 1 is 1.28 bits per heavy atom. The summed E-state index contributed by atoms with van der Waals surface area (Å²) in [6.07, 6.45) is 0.0807. The number of nitrogens with one attached hydrogen (secondary N) is 1. The molecule has 1 heterocycles. The number of rotatable bonds is 4. The van der Waals surface area contributed by atoms with E-state index in [0.717, 1.165) is 31.1 Å². The van der Waals surface area contributed by atoms with Gasteiger partial charge in [0.25, 0.3) is 0 Å². The Bertz CT molecular complexity index is 749. The zero-order chi connectivity index (χ0) is 17.8. The predicted molar refractivity (Wildman–Crippen MR) is 109 cm³/mol. The molecule has 0 radical (unpaired) electrons. The van der Waals surface area contributed by atoms with Crippen LogP contribution in [0.2, 0.25) is 0 Å². The molecule has 0 bridgehead atoms. The number of nitrogens with zero attached hydrogens (tertiary/aromatic N) is 2. The summed E-state index contributed by atoms with van der Waals surface area (Å²) in [6, 6.07) is 16.4. The highest BCUT2D eigenvalue weighted by atomic mass is 32.1. The molecular formula is C20H25N3OS. The van der Waals surface area contributed by atoms with Crippen LogP contribution in [-0.4, -0.2) is 42.8 Å². The number of hydrogen-bond acceptors (Lipinski definition) is 3. The molecule has 2 aromatic carbocycles. The van der Waals surface area contributed by atoms with Crippen LogP contribution in [0.5, 0.6) is 5.75 Å². The molecule has 132 valence electrons. The Morgan fingerprint density at radius 2 is 2.08 bits per heavy atom. The van der Waals surface area contributed by atoms with Crippen LogP contribution in [0.1, 0.15) is 12.5 Å². The fourth-order valence-electron chi connectivity index (χ4n) is 3.10. The van der Waals surface area contributed by atoms with E-state index in [1.807, 2.05) is 36.2 Å². The second-order valence-corrected chi connectivity index (χ2v) is 6.81. The molecule has 0 aromatic heterocycles. The molecule has 1 atom stereocenters. The minimum atomic E-state index is 0.0807. The van der Waals surface area contributed by atoms with Crippen LogP contribution in [0.4, 0.5) is 11.4 Å². The van der Waals surface area contributed by atoms with Crippen molar-refractivity contribution in [1.82, 2.24) is 4.90 Å². The van der Waals surface area contributed by atoms with Gasteiger partial charge in [-0.1, -0.05) is 24.3 Å². The van der Waals surface area contributed by atoms with Crippen LogP contribution in [0.25, 0.3) is 0 Å². The second-order valence-electron chi connectivity index (χ2n) is 6.43. The van der Waals surface area contributed by atoms with Crippen molar-refractivity contribution >= 4 is 28.7 Å². The lowest BCUT2D eigenvalue weighted by atomic mass is 10.2. The van der Waals surface area contributed by atoms with E-state index in [1.165, 1.54) is 11.3 Å². The highest BCUT2D eigenvalue weighted by Gasteiger charge is 2.26. The Hall–Kier alpha value is -2.27. The van der Waals surface area contributed by atoms with Crippen molar-refractivity contribution in [2.24, 2.45) is 0 Å². The number of thiocarbonyl (C=S) groups is 1. The van der Waals surface area contributed by atoms with E-state index in [9.17, 15) is 0 Å². The third-order valence-electron chi connectivity index (χ3n) is 4.40. The molecule has 25 heavy (non-hydrogen) atoms. The topological polar surface area (TPSA) is 27.7 Å². The number of likely N-dealkylation sites (N-methyl/N-ethyl adjacent to an activating group) is 2. The number of anilines is 2. The van der Waals surface area contributed by atoms with Gasteiger partial charge in [-0.3, -0.25) is 0 Å². The number of fused-ring (bicyclic) bond motifs is 1. The maximum atomic E-state index is 6.18. The molecule has 0 fully saturated rings. The first-order chi connectivity index (χ1) is 12.1. The van der Waals surface area contributed by atoms with E-state index >= 15 is 0 Å². The monoisotopic (exact) mass is 355 g/mol. The first kappa shape index (κ1) is 17.5. The van der Waals surface area contributed by atoms with Crippen LogP contribution < -0.4 is 15.0 Å². The Kier molecular flexibility index (Phi) is 5.43. The van der Waals surface area contributed by atoms with Crippen molar-refractivity contribution in [1.29, 1.82) is 0 Å². The molecule has 5 heteroatoms. The molecule has 1 aliphatic rings. The van der Waals surface area contributed by atoms with Crippen molar-refractivity contribution in [3.8, 4) is 5.75 Å². The van der Waals surface area contributed by atoms with Gasteiger partial charge in [-0.05, 0) is 55.9 Å². The van der Waals surface area contributed by atoms with Gasteiger partial charge in [0.1, 0.15) is 11.9 Å². The average Bonchev–Trinajstić information content (AvgIpc) is 2.61. The highest BCUT2D eigenvalue weighted by Crippen LogP contribution is 2.32. The van der Waals surface area contributed by atoms with Gasteiger partial charge in [-0.15, -0.1) is 0 Å². The van der Waals surface area contributed by atoms with E-state index in [0.29, 0.717) is 5.11 Å². The molecule has 0 aliphatic carbocycles. The van der Waals surface area contributed by atoms with Gasteiger partial charge >= 0.3 is 0 Å². The Labute approximate surface area is 155 Å². The lowest BCUT2D eigenvalue weighted by molar-refractivity contribution is 0.169. The largest absolute Gasteiger partial charge is 0.485 e. The predicted octanol–water partition coefficient (Wildman–Crippen LogP) is 3.91. The number of hydrogen-bond donors (Lipinski definition) is 1. The van der Waals surface area contributed by atoms with E-state index in [4.69, 9.17) is 17.0 Å². The summed E-state index contributed by atoms with van der Waals surface area (Å²) in [5, 5.41) is 4.01. The van der Waals surface area contributed by atoms with E-state index in [2.05, 4.69) is 48.3 Å². The van der Waals surface area contributed by atoms with Crippen molar-refractivity contribution in [2.45, 2.75) is 20.0 Å². The van der Waals surface area contributed by atoms with Crippen molar-refractivity contribution < 1.29 is 4.74 Å². The molecule has 0 unspecified atom stereocenters. The number of benzene rings is 2. The summed E-state index contributed by atoms with van der Waals surface area (Å²) < 4.78 is 6.18. The van der Waals surface area contributed by atoms with Gasteiger partial charge in [0.2, 0.25) is 0 Å². The minimum Gasteiger partial charge on any atom is -0.485 e. The summed E-state index contributed by atoms with van der Waals surface area (Å²) >= 11 is 5.55. The van der Waals surface area contributed by atoms with Gasteiger partial charge in [0.05, 0.1) is 18.8 Å². The lowest BCUT2D eigenvalue weighted by Crippen LogP contribution is -2.47. The fourth-order valence-corrected chi connectivity index (χ4v) is 3.30. The van der Waals surface area contributed by atoms with Crippen LogP contribution >= 0.6 is 12.2 Å². The maximum Gasteiger partial charge on any atom is 0.173 e. The van der Waals surface area contributed by atoms with Crippen LogP contribution in [0.15, 0.2) is 48.5 Å². The molecular weight excluding hydrogens is 330 g/mol. The molecule has 2 aromatic rings. The van der Waals surface area contributed by atoms with Crippen molar-refractivity contribution in [3.05, 3.63) is 54.1 Å². The van der Waals surface area contributed by atoms with E-state index in [1.54, 1.807) is 0 Å². The zero-order valence-electron chi connectivity index (χ0n) is 15.0. The SMILES string of the molecule is CCN1C[C@@H](CN(C)C(=S)Nc2cccc(C)c2)Oc2ccccc21. The minimum absolute atomic E-state index is 0.0807. The molecule has 0 spiro atoms.